The Kier molecular flexibility index (Phi) is 7.54. The monoisotopic (exact) mass is 513 g/mol. The van der Waals surface area contributed by atoms with E-state index in [1.165, 1.54) is 5.56 Å². The molecule has 4 aromatic rings. The summed E-state index contributed by atoms with van der Waals surface area (Å²) in [6.07, 6.45) is 2.28. The fourth-order valence-corrected chi connectivity index (χ4v) is 5.18. The molecule has 1 aliphatic heterocycles. The van der Waals surface area contributed by atoms with Crippen molar-refractivity contribution in [3.63, 3.8) is 0 Å². The number of anilines is 1. The van der Waals surface area contributed by atoms with Crippen molar-refractivity contribution in [1.82, 2.24) is 9.55 Å². The summed E-state index contributed by atoms with van der Waals surface area (Å²) in [7, 11) is 3.24. The number of fused-ring (bicyclic) bond motifs is 1. The van der Waals surface area contributed by atoms with E-state index in [1.54, 1.807) is 19.1 Å². The SMILES string of the molecule is COc1ccc(OC)c(N2CC(c3nc4ccccc4n3CCCCOc3cc(C)ccc3C)CC2=O)c1. The van der Waals surface area contributed by atoms with Gasteiger partial charge in [-0.25, -0.2) is 4.98 Å². The molecular formula is C31H35N3O4. The van der Waals surface area contributed by atoms with E-state index in [9.17, 15) is 4.79 Å². The maximum Gasteiger partial charge on any atom is 0.227 e. The van der Waals surface area contributed by atoms with Gasteiger partial charge in [0.2, 0.25) is 5.91 Å². The number of para-hydroxylation sites is 2. The average molecular weight is 514 g/mol. The van der Waals surface area contributed by atoms with Crippen LogP contribution in [0.25, 0.3) is 11.0 Å². The lowest BCUT2D eigenvalue weighted by molar-refractivity contribution is -0.117. The number of carbonyl (C=O) groups excluding carboxylic acids is 1. The number of carbonyl (C=O) groups is 1. The summed E-state index contributed by atoms with van der Waals surface area (Å²) in [5.74, 6) is 3.29. The summed E-state index contributed by atoms with van der Waals surface area (Å²) < 4.78 is 19.3. The van der Waals surface area contributed by atoms with Crippen LogP contribution >= 0.6 is 0 Å². The number of rotatable bonds is 10. The smallest absolute Gasteiger partial charge is 0.227 e. The van der Waals surface area contributed by atoms with Gasteiger partial charge in [0.15, 0.2) is 0 Å². The van der Waals surface area contributed by atoms with Gasteiger partial charge >= 0.3 is 0 Å². The van der Waals surface area contributed by atoms with Crippen LogP contribution in [0, 0.1) is 13.8 Å². The summed E-state index contributed by atoms with van der Waals surface area (Å²) in [5, 5.41) is 0. The van der Waals surface area contributed by atoms with Crippen LogP contribution < -0.4 is 19.1 Å². The van der Waals surface area contributed by atoms with Crippen molar-refractivity contribution in [3.05, 3.63) is 77.6 Å². The van der Waals surface area contributed by atoms with Gasteiger partial charge in [-0.2, -0.15) is 0 Å². The first-order valence-electron chi connectivity index (χ1n) is 13.2. The topological polar surface area (TPSA) is 65.8 Å². The van der Waals surface area contributed by atoms with E-state index in [0.29, 0.717) is 31.1 Å². The number of unbranched alkanes of at least 4 members (excludes halogenated alkanes) is 1. The highest BCUT2D eigenvalue weighted by Gasteiger charge is 2.36. The molecule has 7 nitrogen and oxygen atoms in total. The molecule has 1 atom stereocenters. The van der Waals surface area contributed by atoms with E-state index in [1.807, 2.05) is 36.4 Å². The van der Waals surface area contributed by atoms with Gasteiger partial charge in [-0.15, -0.1) is 0 Å². The molecule has 1 saturated heterocycles. The van der Waals surface area contributed by atoms with Gasteiger partial charge < -0.3 is 23.7 Å². The van der Waals surface area contributed by atoms with Crippen LogP contribution in [0.1, 0.15) is 42.1 Å². The number of nitrogens with zero attached hydrogens (tertiary/aromatic N) is 3. The molecular weight excluding hydrogens is 478 g/mol. The number of imidazole rings is 1. The number of aromatic nitrogens is 2. The fourth-order valence-electron chi connectivity index (χ4n) is 5.18. The standard InChI is InChI=1S/C31H35N3O4/c1-21-11-12-22(2)29(17-21)38-16-8-7-15-33-26-10-6-5-9-25(26)32-31(33)23-18-30(35)34(20-23)27-19-24(36-3)13-14-28(27)37-4/h5-6,9-14,17,19,23H,7-8,15-16,18,20H2,1-4H3. The zero-order valence-electron chi connectivity index (χ0n) is 22.6. The summed E-state index contributed by atoms with van der Waals surface area (Å²) in [4.78, 5) is 20.0. The Bertz CT molecular complexity index is 1440. The maximum absolute atomic E-state index is 13.2. The Morgan fingerprint density at radius 2 is 1.79 bits per heavy atom. The Hall–Kier alpha value is -4.00. The minimum atomic E-state index is -0.0167. The molecule has 3 aromatic carbocycles. The molecule has 198 valence electrons. The van der Waals surface area contributed by atoms with Crippen molar-refractivity contribution < 1.29 is 19.0 Å². The van der Waals surface area contributed by atoms with Gasteiger partial charge in [0, 0.05) is 31.5 Å². The molecule has 0 radical (unpaired) electrons. The zero-order chi connectivity index (χ0) is 26.6. The van der Waals surface area contributed by atoms with Crippen LogP contribution in [0.4, 0.5) is 5.69 Å². The second kappa shape index (κ2) is 11.2. The van der Waals surface area contributed by atoms with E-state index >= 15 is 0 Å². The zero-order valence-corrected chi connectivity index (χ0v) is 22.6. The van der Waals surface area contributed by atoms with Crippen LogP contribution in [0.3, 0.4) is 0 Å². The Morgan fingerprint density at radius 1 is 0.947 bits per heavy atom. The predicted octanol–water partition coefficient (Wildman–Crippen LogP) is 6.05. The molecule has 1 aromatic heterocycles. The summed E-state index contributed by atoms with van der Waals surface area (Å²) in [6.45, 7) is 6.18. The molecule has 5 rings (SSSR count). The van der Waals surface area contributed by atoms with Crippen LogP contribution in [0.15, 0.2) is 60.7 Å². The molecule has 1 fully saturated rings. The molecule has 7 heteroatoms. The first-order valence-corrected chi connectivity index (χ1v) is 13.2. The summed E-state index contributed by atoms with van der Waals surface area (Å²) in [6, 6.07) is 20.0. The number of benzene rings is 3. The minimum absolute atomic E-state index is 0.0167. The van der Waals surface area contributed by atoms with Crippen molar-refractivity contribution in [2.75, 3.05) is 32.3 Å². The number of aryl methyl sites for hydroxylation is 3. The molecule has 1 unspecified atom stereocenters. The third kappa shape index (κ3) is 5.19. The number of amides is 1. The molecule has 38 heavy (non-hydrogen) atoms. The number of ether oxygens (including phenoxy) is 3. The maximum atomic E-state index is 13.2. The fraction of sp³-hybridized carbons (Fsp3) is 0.355. The third-order valence-electron chi connectivity index (χ3n) is 7.23. The normalized spacial score (nSPS) is 15.3. The summed E-state index contributed by atoms with van der Waals surface area (Å²) in [5.41, 5.74) is 5.14. The quantitative estimate of drug-likeness (QED) is 0.242. The average Bonchev–Trinajstić information content (AvgIpc) is 3.50. The van der Waals surface area contributed by atoms with E-state index in [2.05, 4.69) is 42.7 Å². The van der Waals surface area contributed by atoms with Crippen molar-refractivity contribution >= 4 is 22.6 Å². The van der Waals surface area contributed by atoms with Crippen molar-refractivity contribution in [2.45, 2.75) is 45.6 Å². The lowest BCUT2D eigenvalue weighted by atomic mass is 10.1. The highest BCUT2D eigenvalue weighted by atomic mass is 16.5. The van der Waals surface area contributed by atoms with Crippen molar-refractivity contribution in [2.24, 2.45) is 0 Å². The van der Waals surface area contributed by atoms with E-state index in [4.69, 9.17) is 19.2 Å². The first kappa shape index (κ1) is 25.6. The number of hydrogen-bond donors (Lipinski definition) is 0. The Balaban J connectivity index is 1.32. The molecule has 0 saturated carbocycles. The summed E-state index contributed by atoms with van der Waals surface area (Å²) >= 11 is 0. The lowest BCUT2D eigenvalue weighted by Gasteiger charge is -2.20. The molecule has 0 N–H and O–H groups in total. The first-order chi connectivity index (χ1) is 18.5. The van der Waals surface area contributed by atoms with Gasteiger partial charge in [-0.05, 0) is 68.1 Å². The van der Waals surface area contributed by atoms with Crippen LogP contribution in [-0.2, 0) is 11.3 Å². The van der Waals surface area contributed by atoms with Gasteiger partial charge in [0.05, 0.1) is 37.5 Å². The number of hydrogen-bond acceptors (Lipinski definition) is 5. The third-order valence-corrected chi connectivity index (χ3v) is 7.23. The molecule has 0 aliphatic carbocycles. The second-order valence-electron chi connectivity index (χ2n) is 9.88. The molecule has 1 amide bonds. The van der Waals surface area contributed by atoms with Crippen molar-refractivity contribution in [1.29, 1.82) is 0 Å². The minimum Gasteiger partial charge on any atom is -0.497 e. The van der Waals surface area contributed by atoms with Gasteiger partial charge in [0.1, 0.15) is 23.1 Å². The highest BCUT2D eigenvalue weighted by Crippen LogP contribution is 2.39. The van der Waals surface area contributed by atoms with Crippen LogP contribution in [-0.4, -0.2) is 42.8 Å². The Morgan fingerprint density at radius 3 is 2.61 bits per heavy atom. The van der Waals surface area contributed by atoms with Crippen molar-refractivity contribution in [3.8, 4) is 17.2 Å². The highest BCUT2D eigenvalue weighted by molar-refractivity contribution is 5.98. The molecule has 1 aliphatic rings. The number of methoxy groups -OCH3 is 2. The van der Waals surface area contributed by atoms with Gasteiger partial charge in [-0.3, -0.25) is 4.79 Å². The van der Waals surface area contributed by atoms with Gasteiger partial charge in [-0.1, -0.05) is 24.3 Å². The Labute approximate surface area is 224 Å². The van der Waals surface area contributed by atoms with E-state index in [-0.39, 0.29) is 11.8 Å². The van der Waals surface area contributed by atoms with Crippen LogP contribution in [0.2, 0.25) is 0 Å². The molecule has 0 spiro atoms. The lowest BCUT2D eigenvalue weighted by Crippen LogP contribution is -2.25. The van der Waals surface area contributed by atoms with Crippen LogP contribution in [0.5, 0.6) is 17.2 Å². The largest absolute Gasteiger partial charge is 0.497 e. The predicted molar refractivity (Wildman–Crippen MR) is 150 cm³/mol. The molecule has 0 bridgehead atoms. The van der Waals surface area contributed by atoms with Gasteiger partial charge in [0.25, 0.3) is 0 Å². The second-order valence-corrected chi connectivity index (χ2v) is 9.88. The van der Waals surface area contributed by atoms with E-state index in [0.717, 1.165) is 53.2 Å². The molecule has 2 heterocycles. The van der Waals surface area contributed by atoms with E-state index < -0.39 is 0 Å².